The quantitative estimate of drug-likeness (QED) is 0.474. The average Bonchev–Trinajstić information content (AvgIpc) is 2.58. The molecule has 1 saturated heterocycles. The molecule has 1 amide bonds. The van der Waals surface area contributed by atoms with Gasteiger partial charge < -0.3 is 5.32 Å². The van der Waals surface area contributed by atoms with Gasteiger partial charge in [0, 0.05) is 12.1 Å². The molecule has 17 heavy (non-hydrogen) atoms. The monoisotopic (exact) mass is 249 g/mol. The number of benzene rings is 1. The number of non-ortho nitro benzene ring substituents is 1. The van der Waals surface area contributed by atoms with Crippen LogP contribution in [0.25, 0.3) is 6.08 Å². The van der Waals surface area contributed by atoms with Gasteiger partial charge in [0.2, 0.25) is 0 Å². The van der Waals surface area contributed by atoms with Gasteiger partial charge in [-0.15, -0.1) is 0 Å². The van der Waals surface area contributed by atoms with Gasteiger partial charge in [-0.3, -0.25) is 20.3 Å². The van der Waals surface area contributed by atoms with Crippen LogP contribution in [-0.2, 0) is 4.79 Å². The van der Waals surface area contributed by atoms with Crippen molar-refractivity contribution in [1.82, 2.24) is 5.32 Å². The van der Waals surface area contributed by atoms with Gasteiger partial charge in [0.05, 0.1) is 9.83 Å². The summed E-state index contributed by atoms with van der Waals surface area (Å²) in [5.41, 5.74) is 0.532. The van der Waals surface area contributed by atoms with E-state index in [-0.39, 0.29) is 16.8 Å². The summed E-state index contributed by atoms with van der Waals surface area (Å²) in [6.45, 7) is 0. The van der Waals surface area contributed by atoms with Crippen molar-refractivity contribution in [3.8, 4) is 0 Å². The summed E-state index contributed by atoms with van der Waals surface area (Å²) >= 11 is 0.997. The SMILES string of the molecule is N=C1NC(=O)/C(=C\c2cccc([N+](=O)[O-])c2)S1. The van der Waals surface area contributed by atoms with Gasteiger partial charge in [-0.2, -0.15) is 0 Å². The molecular formula is C10H7N3O3S. The Morgan fingerprint density at radius 3 is 2.82 bits per heavy atom. The minimum absolute atomic E-state index is 0.0298. The molecule has 1 heterocycles. The van der Waals surface area contributed by atoms with Crippen LogP contribution in [0.5, 0.6) is 0 Å². The second kappa shape index (κ2) is 4.38. The predicted molar refractivity (Wildman–Crippen MR) is 64.5 cm³/mol. The number of carbonyl (C=O) groups excluding carboxylic acids is 1. The van der Waals surface area contributed by atoms with Gasteiger partial charge in [0.25, 0.3) is 11.6 Å². The summed E-state index contributed by atoms with van der Waals surface area (Å²) < 4.78 is 0. The van der Waals surface area contributed by atoms with Crippen LogP contribution in [0.3, 0.4) is 0 Å². The molecule has 1 aliphatic heterocycles. The first kappa shape index (κ1) is 11.3. The lowest BCUT2D eigenvalue weighted by molar-refractivity contribution is -0.384. The number of amides is 1. The fraction of sp³-hybridized carbons (Fsp3) is 0. The van der Waals surface area contributed by atoms with E-state index >= 15 is 0 Å². The van der Waals surface area contributed by atoms with Crippen molar-refractivity contribution in [2.45, 2.75) is 0 Å². The number of amidine groups is 1. The average molecular weight is 249 g/mol. The van der Waals surface area contributed by atoms with Crippen LogP contribution in [0.2, 0.25) is 0 Å². The third kappa shape index (κ3) is 2.51. The largest absolute Gasteiger partial charge is 0.301 e. The number of nitrogens with one attached hydrogen (secondary N) is 2. The molecule has 0 aliphatic carbocycles. The summed E-state index contributed by atoms with van der Waals surface area (Å²) in [7, 11) is 0. The summed E-state index contributed by atoms with van der Waals surface area (Å²) in [5.74, 6) is -0.355. The first-order valence-electron chi connectivity index (χ1n) is 4.60. The number of hydrogen-bond acceptors (Lipinski definition) is 5. The van der Waals surface area contributed by atoms with Crippen molar-refractivity contribution in [2.75, 3.05) is 0 Å². The highest BCUT2D eigenvalue weighted by atomic mass is 32.2. The molecular weight excluding hydrogens is 242 g/mol. The van der Waals surface area contributed by atoms with Crippen molar-refractivity contribution >= 4 is 34.6 Å². The number of carbonyl (C=O) groups is 1. The van der Waals surface area contributed by atoms with Crippen molar-refractivity contribution in [1.29, 1.82) is 5.41 Å². The van der Waals surface area contributed by atoms with Crippen molar-refractivity contribution in [2.24, 2.45) is 0 Å². The zero-order valence-corrected chi connectivity index (χ0v) is 9.28. The van der Waals surface area contributed by atoms with Crippen LogP contribution >= 0.6 is 11.8 Å². The second-order valence-electron chi connectivity index (χ2n) is 3.25. The molecule has 0 saturated carbocycles. The topological polar surface area (TPSA) is 96.1 Å². The lowest BCUT2D eigenvalue weighted by Gasteiger charge is -1.95. The van der Waals surface area contributed by atoms with Crippen LogP contribution in [0.15, 0.2) is 29.2 Å². The molecule has 2 rings (SSSR count). The molecule has 0 bridgehead atoms. The van der Waals surface area contributed by atoms with Gasteiger partial charge in [-0.25, -0.2) is 0 Å². The number of nitrogens with zero attached hydrogens (tertiary/aromatic N) is 1. The van der Waals surface area contributed by atoms with E-state index in [0.717, 1.165) is 11.8 Å². The molecule has 0 radical (unpaired) electrons. The molecule has 1 fully saturated rings. The van der Waals surface area contributed by atoms with Gasteiger partial charge in [-0.1, -0.05) is 12.1 Å². The molecule has 1 aromatic rings. The lowest BCUT2D eigenvalue weighted by Crippen LogP contribution is -2.18. The van der Waals surface area contributed by atoms with Crippen LogP contribution in [0, 0.1) is 15.5 Å². The van der Waals surface area contributed by atoms with E-state index in [2.05, 4.69) is 5.32 Å². The fourth-order valence-corrected chi connectivity index (χ4v) is 2.02. The molecule has 2 N–H and O–H groups in total. The molecule has 0 spiro atoms. The fourth-order valence-electron chi connectivity index (χ4n) is 1.32. The van der Waals surface area contributed by atoms with Gasteiger partial charge in [0.1, 0.15) is 0 Å². The number of nitro groups is 1. The molecule has 0 atom stereocenters. The van der Waals surface area contributed by atoms with E-state index in [1.54, 1.807) is 12.1 Å². The highest BCUT2D eigenvalue weighted by Gasteiger charge is 2.22. The first-order valence-corrected chi connectivity index (χ1v) is 5.42. The number of thioether (sulfide) groups is 1. The smallest absolute Gasteiger partial charge is 0.270 e. The second-order valence-corrected chi connectivity index (χ2v) is 4.30. The third-order valence-corrected chi connectivity index (χ3v) is 2.87. The number of hydrogen-bond donors (Lipinski definition) is 2. The standard InChI is InChI=1S/C10H7N3O3S/c11-10-12-9(14)8(17-10)5-6-2-1-3-7(4-6)13(15)16/h1-5H,(H2,11,12,14)/b8-5+. The van der Waals surface area contributed by atoms with Gasteiger partial charge in [-0.05, 0) is 23.4 Å². The highest BCUT2D eigenvalue weighted by molar-refractivity contribution is 8.18. The summed E-state index contributed by atoms with van der Waals surface area (Å²) in [6, 6.07) is 5.97. The Morgan fingerprint density at radius 1 is 1.47 bits per heavy atom. The molecule has 6 nitrogen and oxygen atoms in total. The number of rotatable bonds is 2. The van der Waals surface area contributed by atoms with Crippen molar-refractivity contribution < 1.29 is 9.72 Å². The summed E-state index contributed by atoms with van der Waals surface area (Å²) in [4.78, 5) is 21.8. The summed E-state index contributed by atoms with van der Waals surface area (Å²) in [5, 5.41) is 20.2. The predicted octanol–water partition coefficient (Wildman–Crippen LogP) is 1.73. The Balaban J connectivity index is 2.33. The zero-order valence-electron chi connectivity index (χ0n) is 8.47. The molecule has 0 aromatic heterocycles. The Labute approximate surface area is 100 Å². The van der Waals surface area contributed by atoms with Crippen molar-refractivity contribution in [3.63, 3.8) is 0 Å². The normalized spacial score (nSPS) is 17.3. The van der Waals surface area contributed by atoms with E-state index in [1.165, 1.54) is 18.2 Å². The van der Waals surface area contributed by atoms with Gasteiger partial charge in [0.15, 0.2) is 5.17 Å². The van der Waals surface area contributed by atoms with E-state index in [4.69, 9.17) is 5.41 Å². The maximum absolute atomic E-state index is 11.3. The Morgan fingerprint density at radius 2 is 2.24 bits per heavy atom. The highest BCUT2D eigenvalue weighted by Crippen LogP contribution is 2.25. The molecule has 1 aliphatic rings. The summed E-state index contributed by atoms with van der Waals surface area (Å²) in [6.07, 6.45) is 1.52. The first-order chi connectivity index (χ1) is 8.06. The van der Waals surface area contributed by atoms with Crippen molar-refractivity contribution in [3.05, 3.63) is 44.8 Å². The Hall–Kier alpha value is -2.15. The van der Waals surface area contributed by atoms with Gasteiger partial charge >= 0.3 is 0 Å². The third-order valence-electron chi connectivity index (χ3n) is 2.04. The van der Waals surface area contributed by atoms with E-state index in [9.17, 15) is 14.9 Å². The minimum atomic E-state index is -0.494. The minimum Gasteiger partial charge on any atom is -0.301 e. The van der Waals surface area contributed by atoms with E-state index in [1.807, 2.05) is 0 Å². The van der Waals surface area contributed by atoms with Crippen LogP contribution < -0.4 is 5.32 Å². The van der Waals surface area contributed by atoms with Crippen LogP contribution in [0.4, 0.5) is 5.69 Å². The zero-order chi connectivity index (χ0) is 12.4. The number of nitro benzene ring substituents is 1. The van der Waals surface area contributed by atoms with E-state index < -0.39 is 4.92 Å². The van der Waals surface area contributed by atoms with Crippen LogP contribution in [-0.4, -0.2) is 16.0 Å². The molecule has 7 heteroatoms. The Kier molecular flexibility index (Phi) is 2.92. The molecule has 0 unspecified atom stereocenters. The maximum Gasteiger partial charge on any atom is 0.270 e. The van der Waals surface area contributed by atoms with E-state index in [0.29, 0.717) is 10.5 Å². The molecule has 86 valence electrons. The Bertz CT molecular complexity index is 553. The lowest BCUT2D eigenvalue weighted by atomic mass is 10.2. The molecule has 1 aromatic carbocycles. The maximum atomic E-state index is 11.3. The van der Waals surface area contributed by atoms with Crippen LogP contribution in [0.1, 0.15) is 5.56 Å².